The van der Waals surface area contributed by atoms with Gasteiger partial charge < -0.3 is 16.4 Å². The molecule has 0 aromatic heterocycles. The molecule has 114 valence electrons. The topological polar surface area (TPSA) is 84.2 Å². The monoisotopic (exact) mass is 289 g/mol. The highest BCUT2D eigenvalue weighted by atomic mass is 16.2. The Morgan fingerprint density at radius 1 is 1.19 bits per heavy atom. The van der Waals surface area contributed by atoms with Crippen LogP contribution in [0.15, 0.2) is 24.3 Å². The summed E-state index contributed by atoms with van der Waals surface area (Å²) in [5, 5.41) is 5.66. The van der Waals surface area contributed by atoms with Gasteiger partial charge in [0.2, 0.25) is 11.8 Å². The fourth-order valence-corrected chi connectivity index (χ4v) is 2.60. The van der Waals surface area contributed by atoms with E-state index in [1.807, 2.05) is 12.1 Å². The zero-order valence-electron chi connectivity index (χ0n) is 12.4. The molecule has 0 saturated heterocycles. The Morgan fingerprint density at radius 2 is 1.81 bits per heavy atom. The van der Waals surface area contributed by atoms with Gasteiger partial charge in [-0.25, -0.2) is 0 Å². The molecule has 21 heavy (non-hydrogen) atoms. The van der Waals surface area contributed by atoms with E-state index in [9.17, 15) is 9.59 Å². The molecule has 0 unspecified atom stereocenters. The Balaban J connectivity index is 1.94. The second-order valence-electron chi connectivity index (χ2n) is 5.77. The fourth-order valence-electron chi connectivity index (χ4n) is 2.60. The van der Waals surface area contributed by atoms with E-state index < -0.39 is 0 Å². The third-order valence-electron chi connectivity index (χ3n) is 4.13. The number of nitrogens with two attached hydrogens (primary N) is 1. The van der Waals surface area contributed by atoms with E-state index in [2.05, 4.69) is 10.6 Å². The number of rotatable bonds is 6. The van der Waals surface area contributed by atoms with E-state index in [4.69, 9.17) is 5.73 Å². The fraction of sp³-hybridized carbons (Fsp3) is 0.500. The maximum absolute atomic E-state index is 12.1. The Morgan fingerprint density at radius 3 is 2.29 bits per heavy atom. The summed E-state index contributed by atoms with van der Waals surface area (Å²) in [6, 6.07) is 7.19. The van der Waals surface area contributed by atoms with Gasteiger partial charge in [0, 0.05) is 24.2 Å². The van der Waals surface area contributed by atoms with Crippen LogP contribution >= 0.6 is 0 Å². The minimum absolute atomic E-state index is 0.00186. The molecule has 1 aromatic rings. The number of carbonyl (C=O) groups is 2. The van der Waals surface area contributed by atoms with Crippen molar-refractivity contribution in [2.45, 2.75) is 39.0 Å². The van der Waals surface area contributed by atoms with Crippen LogP contribution < -0.4 is 16.4 Å². The molecular weight excluding hydrogens is 266 g/mol. The molecule has 1 aliphatic carbocycles. The lowest BCUT2D eigenvalue weighted by Crippen LogP contribution is -2.40. The van der Waals surface area contributed by atoms with Crippen molar-refractivity contribution in [2.24, 2.45) is 11.1 Å². The maximum atomic E-state index is 12.1. The van der Waals surface area contributed by atoms with Crippen molar-refractivity contribution >= 4 is 23.2 Å². The molecular formula is C16H23N3O2. The van der Waals surface area contributed by atoms with Gasteiger partial charge in [-0.1, -0.05) is 19.4 Å². The first-order chi connectivity index (χ1) is 10.1. The number of hydrogen-bond acceptors (Lipinski definition) is 3. The highest BCUT2D eigenvalue weighted by Gasteiger charge is 2.37. The summed E-state index contributed by atoms with van der Waals surface area (Å²) in [6.45, 7) is 2.36. The Bertz CT molecular complexity index is 518. The van der Waals surface area contributed by atoms with Crippen LogP contribution in [0.2, 0.25) is 0 Å². The highest BCUT2D eigenvalue weighted by Crippen LogP contribution is 2.43. The minimum Gasteiger partial charge on any atom is -0.330 e. The second-order valence-corrected chi connectivity index (χ2v) is 5.77. The normalized spacial score (nSPS) is 15.9. The third kappa shape index (κ3) is 4.04. The molecule has 0 atom stereocenters. The molecule has 1 aliphatic rings. The SMILES string of the molecule is CCC(=O)Nc1cccc(NC(=O)CC2(CN)CCC2)c1. The Kier molecular flexibility index (Phi) is 4.96. The largest absolute Gasteiger partial charge is 0.330 e. The number of carbonyl (C=O) groups excluding carboxylic acids is 2. The van der Waals surface area contributed by atoms with Crippen LogP contribution in [0.25, 0.3) is 0 Å². The van der Waals surface area contributed by atoms with E-state index >= 15 is 0 Å². The Labute approximate surface area is 125 Å². The van der Waals surface area contributed by atoms with Crippen molar-refractivity contribution in [2.75, 3.05) is 17.2 Å². The molecule has 2 rings (SSSR count). The summed E-state index contributed by atoms with van der Waals surface area (Å²) >= 11 is 0. The van der Waals surface area contributed by atoms with E-state index in [1.165, 1.54) is 0 Å². The second kappa shape index (κ2) is 6.72. The van der Waals surface area contributed by atoms with Gasteiger partial charge >= 0.3 is 0 Å². The number of amides is 2. The van der Waals surface area contributed by atoms with Gasteiger partial charge in [0.15, 0.2) is 0 Å². The standard InChI is InChI=1S/C16H23N3O2/c1-2-14(20)18-12-5-3-6-13(9-12)19-15(21)10-16(11-17)7-4-8-16/h3,5-6,9H,2,4,7-8,10-11,17H2,1H3,(H,18,20)(H,19,21). The summed E-state index contributed by atoms with van der Waals surface area (Å²) in [7, 11) is 0. The van der Waals surface area contributed by atoms with Gasteiger partial charge in [-0.2, -0.15) is 0 Å². The van der Waals surface area contributed by atoms with Crippen molar-refractivity contribution in [3.8, 4) is 0 Å². The number of benzene rings is 1. The molecule has 0 heterocycles. The van der Waals surface area contributed by atoms with E-state index in [1.54, 1.807) is 19.1 Å². The lowest BCUT2D eigenvalue weighted by atomic mass is 9.66. The van der Waals surface area contributed by atoms with Gasteiger partial charge in [0.1, 0.15) is 0 Å². The van der Waals surface area contributed by atoms with Crippen LogP contribution in [0, 0.1) is 5.41 Å². The first-order valence-electron chi connectivity index (χ1n) is 7.47. The smallest absolute Gasteiger partial charge is 0.224 e. The third-order valence-corrected chi connectivity index (χ3v) is 4.13. The van der Waals surface area contributed by atoms with Crippen LogP contribution in [-0.2, 0) is 9.59 Å². The maximum Gasteiger partial charge on any atom is 0.224 e. The summed E-state index contributed by atoms with van der Waals surface area (Å²) in [6.07, 6.45) is 4.11. The average Bonchev–Trinajstić information content (AvgIpc) is 2.43. The minimum atomic E-state index is -0.0463. The van der Waals surface area contributed by atoms with Crippen molar-refractivity contribution < 1.29 is 9.59 Å². The lowest BCUT2D eigenvalue weighted by Gasteiger charge is -2.40. The van der Waals surface area contributed by atoms with E-state index in [-0.39, 0.29) is 17.2 Å². The molecule has 0 radical (unpaired) electrons. The molecule has 0 spiro atoms. The average molecular weight is 289 g/mol. The van der Waals surface area contributed by atoms with Gasteiger partial charge in [-0.3, -0.25) is 9.59 Å². The lowest BCUT2D eigenvalue weighted by molar-refractivity contribution is -0.119. The first kappa shape index (κ1) is 15.5. The molecule has 2 amide bonds. The zero-order chi connectivity index (χ0) is 15.3. The van der Waals surface area contributed by atoms with Crippen LogP contribution in [0.5, 0.6) is 0 Å². The number of hydrogen-bond donors (Lipinski definition) is 3. The van der Waals surface area contributed by atoms with Crippen molar-refractivity contribution in [3.05, 3.63) is 24.3 Å². The molecule has 0 bridgehead atoms. The van der Waals surface area contributed by atoms with Gasteiger partial charge in [0.25, 0.3) is 0 Å². The summed E-state index contributed by atoms with van der Waals surface area (Å²) in [5.41, 5.74) is 7.16. The predicted molar refractivity (Wildman–Crippen MR) is 83.9 cm³/mol. The molecule has 1 saturated carbocycles. The quantitative estimate of drug-likeness (QED) is 0.752. The molecule has 4 N–H and O–H groups in total. The number of anilines is 2. The van der Waals surface area contributed by atoms with Crippen LogP contribution in [0.1, 0.15) is 39.0 Å². The van der Waals surface area contributed by atoms with Gasteiger partial charge in [0.05, 0.1) is 0 Å². The first-order valence-corrected chi connectivity index (χ1v) is 7.47. The van der Waals surface area contributed by atoms with Gasteiger partial charge in [-0.05, 0) is 43.0 Å². The molecule has 5 heteroatoms. The van der Waals surface area contributed by atoms with Gasteiger partial charge in [-0.15, -0.1) is 0 Å². The van der Waals surface area contributed by atoms with Crippen LogP contribution in [0.4, 0.5) is 11.4 Å². The molecule has 0 aliphatic heterocycles. The molecule has 1 aromatic carbocycles. The van der Waals surface area contributed by atoms with Crippen LogP contribution in [0.3, 0.4) is 0 Å². The Hall–Kier alpha value is -1.88. The predicted octanol–water partition coefficient (Wildman–Crippen LogP) is 2.49. The summed E-state index contributed by atoms with van der Waals surface area (Å²) in [4.78, 5) is 23.5. The number of nitrogens with one attached hydrogen (secondary N) is 2. The van der Waals surface area contributed by atoms with Crippen LogP contribution in [-0.4, -0.2) is 18.4 Å². The van der Waals surface area contributed by atoms with E-state index in [0.717, 1.165) is 19.3 Å². The zero-order valence-corrected chi connectivity index (χ0v) is 12.4. The summed E-state index contributed by atoms with van der Waals surface area (Å²) < 4.78 is 0. The molecule has 5 nitrogen and oxygen atoms in total. The van der Waals surface area contributed by atoms with Crippen molar-refractivity contribution in [1.29, 1.82) is 0 Å². The molecule has 1 fully saturated rings. The van der Waals surface area contributed by atoms with Crippen molar-refractivity contribution in [3.63, 3.8) is 0 Å². The van der Waals surface area contributed by atoms with E-state index in [0.29, 0.717) is 30.8 Å². The summed E-state index contributed by atoms with van der Waals surface area (Å²) in [5.74, 6) is -0.0610. The van der Waals surface area contributed by atoms with Crippen molar-refractivity contribution in [1.82, 2.24) is 0 Å². The highest BCUT2D eigenvalue weighted by molar-refractivity contribution is 5.94.